The fourth-order valence-electron chi connectivity index (χ4n) is 3.18. The summed E-state index contributed by atoms with van der Waals surface area (Å²) in [4.78, 5) is 38.0. The highest BCUT2D eigenvalue weighted by molar-refractivity contribution is 6.08. The summed E-state index contributed by atoms with van der Waals surface area (Å²) in [6.45, 7) is 2.99. The number of hydrogen-bond acceptors (Lipinski definition) is 6. The summed E-state index contributed by atoms with van der Waals surface area (Å²) in [7, 11) is 0. The molecule has 2 aromatic carbocycles. The molecule has 0 fully saturated rings. The molecule has 4 rings (SSSR count). The lowest BCUT2D eigenvalue weighted by Gasteiger charge is -2.38. The minimum Gasteiger partial charge on any atom is -0.478 e. The van der Waals surface area contributed by atoms with Crippen molar-refractivity contribution in [2.75, 3.05) is 23.6 Å². The normalized spacial score (nSPS) is 16.1. The van der Waals surface area contributed by atoms with Crippen molar-refractivity contribution in [2.24, 2.45) is 0 Å². The van der Waals surface area contributed by atoms with Gasteiger partial charge >= 0.3 is 5.97 Å². The van der Waals surface area contributed by atoms with Crippen LogP contribution in [0.3, 0.4) is 0 Å². The summed E-state index contributed by atoms with van der Waals surface area (Å²) < 4.78 is 16.2. The Morgan fingerprint density at radius 1 is 1.10 bits per heavy atom. The number of benzene rings is 2. The van der Waals surface area contributed by atoms with E-state index < -0.39 is 23.4 Å². The molecule has 150 valence electrons. The number of carbonyl (C=O) groups is 3. The monoisotopic (exact) mass is 398 g/mol. The first-order chi connectivity index (χ1) is 13.7. The molecule has 2 N–H and O–H groups in total. The lowest BCUT2D eigenvalue weighted by Crippen LogP contribution is -2.54. The maximum Gasteiger partial charge on any atom is 0.335 e. The van der Waals surface area contributed by atoms with E-state index in [1.165, 1.54) is 23.1 Å². The number of hydrogen-bond donors (Lipinski definition) is 2. The van der Waals surface area contributed by atoms with Crippen LogP contribution in [0.15, 0.2) is 36.4 Å². The Bertz CT molecular complexity index is 1030. The highest BCUT2D eigenvalue weighted by atomic mass is 16.7. The van der Waals surface area contributed by atoms with E-state index in [2.05, 4.69) is 5.32 Å². The maximum absolute atomic E-state index is 12.9. The van der Waals surface area contributed by atoms with Gasteiger partial charge in [-0.25, -0.2) is 4.79 Å². The van der Waals surface area contributed by atoms with E-state index in [0.29, 0.717) is 22.9 Å². The van der Waals surface area contributed by atoms with Crippen molar-refractivity contribution in [3.8, 4) is 17.2 Å². The Balaban J connectivity index is 1.59. The summed E-state index contributed by atoms with van der Waals surface area (Å²) in [6.07, 6.45) is 0. The molecule has 0 saturated heterocycles. The number of rotatable bonds is 4. The first-order valence-electron chi connectivity index (χ1n) is 8.82. The summed E-state index contributed by atoms with van der Waals surface area (Å²) >= 11 is 0. The van der Waals surface area contributed by atoms with Gasteiger partial charge in [-0.3, -0.25) is 14.5 Å². The Morgan fingerprint density at radius 3 is 2.59 bits per heavy atom. The number of carboxylic acid groups (broad SMARTS) is 1. The second-order valence-electron chi connectivity index (χ2n) is 7.11. The average molecular weight is 398 g/mol. The van der Waals surface area contributed by atoms with Crippen LogP contribution in [0.2, 0.25) is 0 Å². The standard InChI is InChI=1S/C20H18N2O7/c1-20(2)19(26)22(13-7-11(18(24)25)3-5-14(13)29-20)9-17(23)21-12-4-6-15-16(8-12)28-10-27-15/h3-8H,9-10H2,1-2H3,(H,21,23)(H,24,25). The molecule has 2 aliphatic rings. The Hall–Kier alpha value is -3.75. The van der Waals surface area contributed by atoms with Crippen LogP contribution in [-0.4, -0.2) is 41.8 Å². The molecule has 0 saturated carbocycles. The van der Waals surface area contributed by atoms with Gasteiger partial charge in [0.15, 0.2) is 17.1 Å². The molecule has 2 amide bonds. The largest absolute Gasteiger partial charge is 0.478 e. The van der Waals surface area contributed by atoms with Crippen LogP contribution in [0, 0.1) is 0 Å². The first-order valence-corrected chi connectivity index (χ1v) is 8.82. The van der Waals surface area contributed by atoms with Gasteiger partial charge in [0.25, 0.3) is 5.91 Å². The van der Waals surface area contributed by atoms with Crippen molar-refractivity contribution in [1.29, 1.82) is 0 Å². The van der Waals surface area contributed by atoms with Crippen LogP contribution in [0.4, 0.5) is 11.4 Å². The second kappa shape index (κ2) is 6.69. The SMILES string of the molecule is CC1(C)Oc2ccc(C(=O)O)cc2N(CC(=O)Nc2ccc3c(c2)OCO3)C1=O. The predicted octanol–water partition coefficient (Wildman–Crippen LogP) is 2.26. The molecular formula is C20H18N2O7. The Labute approximate surface area is 165 Å². The van der Waals surface area contributed by atoms with Crippen LogP contribution >= 0.6 is 0 Å². The Morgan fingerprint density at radius 2 is 1.83 bits per heavy atom. The van der Waals surface area contributed by atoms with E-state index in [1.807, 2.05) is 0 Å². The molecule has 9 heteroatoms. The lowest BCUT2D eigenvalue weighted by molar-refractivity contribution is -0.133. The molecule has 2 heterocycles. The predicted molar refractivity (Wildman–Crippen MR) is 102 cm³/mol. The molecule has 0 radical (unpaired) electrons. The van der Waals surface area contributed by atoms with Crippen molar-refractivity contribution >= 4 is 29.2 Å². The van der Waals surface area contributed by atoms with Gasteiger partial charge in [-0.05, 0) is 44.2 Å². The molecule has 0 bridgehead atoms. The third-order valence-corrected chi connectivity index (χ3v) is 4.58. The molecule has 2 aliphatic heterocycles. The molecule has 29 heavy (non-hydrogen) atoms. The molecule has 0 spiro atoms. The highest BCUT2D eigenvalue weighted by Gasteiger charge is 2.41. The average Bonchev–Trinajstić information content (AvgIpc) is 3.12. The lowest BCUT2D eigenvalue weighted by atomic mass is 10.0. The minimum absolute atomic E-state index is 0.0129. The van der Waals surface area contributed by atoms with E-state index >= 15 is 0 Å². The number of carboxylic acids is 1. The van der Waals surface area contributed by atoms with E-state index in [0.717, 1.165) is 0 Å². The topological polar surface area (TPSA) is 114 Å². The minimum atomic E-state index is -1.20. The highest BCUT2D eigenvalue weighted by Crippen LogP contribution is 2.38. The van der Waals surface area contributed by atoms with E-state index in [4.69, 9.17) is 14.2 Å². The molecule has 0 unspecified atom stereocenters. The summed E-state index contributed by atoms with van der Waals surface area (Å²) in [5.41, 5.74) is -0.494. The molecular weight excluding hydrogens is 380 g/mol. The zero-order valence-electron chi connectivity index (χ0n) is 15.7. The maximum atomic E-state index is 12.9. The van der Waals surface area contributed by atoms with Crippen molar-refractivity contribution < 1.29 is 33.7 Å². The number of nitrogens with zero attached hydrogens (tertiary/aromatic N) is 1. The number of ether oxygens (including phenoxy) is 3. The smallest absolute Gasteiger partial charge is 0.335 e. The number of aromatic carboxylic acids is 1. The number of anilines is 2. The molecule has 0 aliphatic carbocycles. The molecule has 0 aromatic heterocycles. The van der Waals surface area contributed by atoms with E-state index in [-0.39, 0.29) is 24.6 Å². The van der Waals surface area contributed by atoms with Crippen LogP contribution in [0.25, 0.3) is 0 Å². The fourth-order valence-corrected chi connectivity index (χ4v) is 3.18. The zero-order valence-corrected chi connectivity index (χ0v) is 15.7. The third kappa shape index (κ3) is 3.42. The van der Waals surface area contributed by atoms with Gasteiger partial charge in [0.1, 0.15) is 12.3 Å². The van der Waals surface area contributed by atoms with Crippen molar-refractivity contribution in [3.05, 3.63) is 42.0 Å². The fraction of sp³-hybridized carbons (Fsp3) is 0.250. The second-order valence-corrected chi connectivity index (χ2v) is 7.11. The van der Waals surface area contributed by atoms with Crippen LogP contribution in [-0.2, 0) is 9.59 Å². The van der Waals surface area contributed by atoms with Gasteiger partial charge < -0.3 is 24.6 Å². The summed E-state index contributed by atoms with van der Waals surface area (Å²) in [6, 6.07) is 9.15. The van der Waals surface area contributed by atoms with Gasteiger partial charge in [0.05, 0.1) is 11.3 Å². The van der Waals surface area contributed by atoms with Crippen LogP contribution in [0.5, 0.6) is 17.2 Å². The third-order valence-electron chi connectivity index (χ3n) is 4.58. The van der Waals surface area contributed by atoms with Gasteiger partial charge in [-0.2, -0.15) is 0 Å². The van der Waals surface area contributed by atoms with Gasteiger partial charge in [-0.1, -0.05) is 0 Å². The number of amides is 2. The Kier molecular flexibility index (Phi) is 4.30. The van der Waals surface area contributed by atoms with Crippen molar-refractivity contribution in [2.45, 2.75) is 19.4 Å². The molecule has 9 nitrogen and oxygen atoms in total. The number of nitrogens with one attached hydrogen (secondary N) is 1. The summed E-state index contributed by atoms with van der Waals surface area (Å²) in [5, 5.41) is 12.0. The van der Waals surface area contributed by atoms with Gasteiger partial charge in [-0.15, -0.1) is 0 Å². The van der Waals surface area contributed by atoms with Crippen molar-refractivity contribution in [1.82, 2.24) is 0 Å². The van der Waals surface area contributed by atoms with Crippen LogP contribution in [0.1, 0.15) is 24.2 Å². The summed E-state index contributed by atoms with van der Waals surface area (Å²) in [5.74, 6) is -0.619. The molecule has 2 aromatic rings. The van der Waals surface area contributed by atoms with Gasteiger partial charge in [0, 0.05) is 11.8 Å². The number of carbonyl (C=O) groups excluding carboxylic acids is 2. The van der Waals surface area contributed by atoms with E-state index in [1.54, 1.807) is 32.0 Å². The van der Waals surface area contributed by atoms with Crippen molar-refractivity contribution in [3.63, 3.8) is 0 Å². The first kappa shape index (κ1) is 18.6. The molecule has 0 atom stereocenters. The zero-order chi connectivity index (χ0) is 20.8. The number of fused-ring (bicyclic) bond motifs is 2. The quantitative estimate of drug-likeness (QED) is 0.812. The van der Waals surface area contributed by atoms with Crippen LogP contribution < -0.4 is 24.4 Å². The van der Waals surface area contributed by atoms with Gasteiger partial charge in [0.2, 0.25) is 12.7 Å². The van der Waals surface area contributed by atoms with E-state index in [9.17, 15) is 19.5 Å².